The van der Waals surface area contributed by atoms with Crippen LogP contribution in [0.3, 0.4) is 0 Å². The van der Waals surface area contributed by atoms with Gasteiger partial charge in [0.05, 0.1) is 17.6 Å². The highest BCUT2D eigenvalue weighted by atomic mass is 19.1. The smallest absolute Gasteiger partial charge is 0.149 e. The monoisotopic (exact) mass is 341 g/mol. The maximum atomic E-state index is 14.6. The number of hydrogen-bond donors (Lipinski definition) is 1. The second kappa shape index (κ2) is 6.54. The molecular formula is C21H28FN3. The fourth-order valence-corrected chi connectivity index (χ4v) is 4.90. The number of aromatic nitrogens is 2. The second-order valence-corrected chi connectivity index (χ2v) is 8.07. The first kappa shape index (κ1) is 16.7. The molecule has 0 aromatic carbocycles. The lowest BCUT2D eigenvalue weighted by atomic mass is 9.63. The fraction of sp³-hybridized carbons (Fsp3) is 0.619. The van der Waals surface area contributed by atoms with Gasteiger partial charge in [-0.25, -0.2) is 9.37 Å². The van der Waals surface area contributed by atoms with Gasteiger partial charge in [-0.05, 0) is 68.8 Å². The van der Waals surface area contributed by atoms with Gasteiger partial charge in [0.2, 0.25) is 0 Å². The van der Waals surface area contributed by atoms with Crippen LogP contribution < -0.4 is 5.32 Å². The Labute approximate surface area is 149 Å². The molecule has 3 aliphatic heterocycles. The van der Waals surface area contributed by atoms with E-state index in [1.54, 1.807) is 6.20 Å². The fourth-order valence-electron chi connectivity index (χ4n) is 4.90. The number of fused-ring (bicyclic) bond motifs is 1. The minimum Gasteiger partial charge on any atom is -0.337 e. The van der Waals surface area contributed by atoms with Crippen LogP contribution in [0.4, 0.5) is 10.2 Å². The van der Waals surface area contributed by atoms with Crippen LogP contribution in [0.25, 0.3) is 0 Å². The van der Waals surface area contributed by atoms with Crippen molar-refractivity contribution in [2.24, 2.45) is 17.8 Å². The maximum Gasteiger partial charge on any atom is 0.149 e. The van der Waals surface area contributed by atoms with Gasteiger partial charge < -0.3 is 5.32 Å². The van der Waals surface area contributed by atoms with Crippen LogP contribution in [-0.2, 0) is 5.41 Å². The first-order chi connectivity index (χ1) is 12.1. The Morgan fingerprint density at radius 3 is 2.76 bits per heavy atom. The molecule has 0 spiro atoms. The van der Waals surface area contributed by atoms with Crippen LogP contribution in [0.2, 0.25) is 0 Å². The lowest BCUT2D eigenvalue weighted by Crippen LogP contribution is -2.33. The van der Waals surface area contributed by atoms with Gasteiger partial charge in [-0.15, -0.1) is 0 Å². The molecule has 6 rings (SSSR count). The van der Waals surface area contributed by atoms with Crippen molar-refractivity contribution in [3.8, 4) is 0 Å². The van der Waals surface area contributed by atoms with Crippen molar-refractivity contribution in [3.05, 3.63) is 41.8 Å². The topological polar surface area (TPSA) is 37.8 Å². The van der Waals surface area contributed by atoms with Gasteiger partial charge in [0, 0.05) is 11.6 Å². The van der Waals surface area contributed by atoms with Gasteiger partial charge in [-0.1, -0.05) is 19.9 Å². The highest BCUT2D eigenvalue weighted by Gasteiger charge is 2.38. The Balaban J connectivity index is 1.72. The molecule has 3 nitrogen and oxygen atoms in total. The van der Waals surface area contributed by atoms with Crippen molar-refractivity contribution in [3.63, 3.8) is 0 Å². The predicted molar refractivity (Wildman–Crippen MR) is 98.7 cm³/mol. The number of allylic oxidation sites excluding steroid dienone is 3. The van der Waals surface area contributed by atoms with Crippen LogP contribution in [0.1, 0.15) is 64.5 Å². The summed E-state index contributed by atoms with van der Waals surface area (Å²) in [6.07, 6.45) is 15.4. The quantitative estimate of drug-likeness (QED) is 0.769. The zero-order valence-electron chi connectivity index (χ0n) is 15.3. The molecular weight excluding hydrogens is 313 g/mol. The van der Waals surface area contributed by atoms with E-state index in [0.717, 1.165) is 30.9 Å². The average molecular weight is 341 g/mol. The molecule has 1 unspecified atom stereocenters. The summed E-state index contributed by atoms with van der Waals surface area (Å²) in [7, 11) is 0. The number of anilines is 1. The van der Waals surface area contributed by atoms with Crippen LogP contribution in [0, 0.1) is 17.8 Å². The van der Waals surface area contributed by atoms with Gasteiger partial charge in [0.25, 0.3) is 0 Å². The summed E-state index contributed by atoms with van der Waals surface area (Å²) < 4.78 is 14.6. The molecule has 25 heavy (non-hydrogen) atoms. The van der Waals surface area contributed by atoms with E-state index in [1.807, 2.05) is 18.3 Å². The van der Waals surface area contributed by atoms with Crippen molar-refractivity contribution in [2.45, 2.75) is 64.2 Å². The zero-order chi connectivity index (χ0) is 17.4. The third kappa shape index (κ3) is 3.00. The number of hydrogen-bond acceptors (Lipinski definition) is 3. The van der Waals surface area contributed by atoms with E-state index in [2.05, 4.69) is 24.1 Å². The molecule has 0 amide bonds. The molecule has 134 valence electrons. The van der Waals surface area contributed by atoms with Crippen molar-refractivity contribution in [2.75, 3.05) is 5.32 Å². The summed E-state index contributed by atoms with van der Waals surface area (Å²) in [5, 5.41) is 3.17. The van der Waals surface area contributed by atoms with E-state index in [9.17, 15) is 4.39 Å². The summed E-state index contributed by atoms with van der Waals surface area (Å²) in [5.74, 6) is 2.33. The van der Waals surface area contributed by atoms with Gasteiger partial charge >= 0.3 is 0 Å². The van der Waals surface area contributed by atoms with Crippen molar-refractivity contribution >= 4 is 5.82 Å². The number of halogens is 1. The number of rotatable bonds is 2. The van der Waals surface area contributed by atoms with E-state index >= 15 is 0 Å². The molecule has 4 heteroatoms. The van der Waals surface area contributed by atoms with Gasteiger partial charge in [-0.3, -0.25) is 4.98 Å². The molecule has 2 aliphatic carbocycles. The summed E-state index contributed by atoms with van der Waals surface area (Å²) in [6, 6.07) is 0. The number of nitrogens with one attached hydrogen (secondary N) is 1. The minimum atomic E-state index is -0.138. The van der Waals surface area contributed by atoms with Crippen LogP contribution >= 0.6 is 0 Å². The van der Waals surface area contributed by atoms with E-state index in [4.69, 9.17) is 4.98 Å². The van der Waals surface area contributed by atoms with Crippen molar-refractivity contribution < 1.29 is 4.39 Å². The molecule has 4 heterocycles. The molecule has 1 N–H and O–H groups in total. The lowest BCUT2D eigenvalue weighted by Gasteiger charge is -2.42. The van der Waals surface area contributed by atoms with E-state index < -0.39 is 0 Å². The average Bonchev–Trinajstić information content (AvgIpc) is 2.59. The van der Waals surface area contributed by atoms with Crippen LogP contribution in [-0.4, -0.2) is 9.97 Å². The molecule has 1 fully saturated rings. The Morgan fingerprint density at radius 2 is 2.04 bits per heavy atom. The van der Waals surface area contributed by atoms with Crippen molar-refractivity contribution in [1.29, 1.82) is 0 Å². The first-order valence-electron chi connectivity index (χ1n) is 9.81. The lowest BCUT2D eigenvalue weighted by molar-refractivity contribution is 0.124. The Hall–Kier alpha value is -1.71. The zero-order valence-corrected chi connectivity index (χ0v) is 15.3. The van der Waals surface area contributed by atoms with E-state index in [-0.39, 0.29) is 11.2 Å². The maximum absolute atomic E-state index is 14.6. The molecule has 0 radical (unpaired) electrons. The molecule has 6 bridgehead atoms. The summed E-state index contributed by atoms with van der Waals surface area (Å²) in [5.41, 5.74) is 1.69. The Bertz CT molecular complexity index is 699. The standard InChI is InChI=1S/C21H28FN3/c1-3-21(4-2)8-7-14-9-16(10-14)15-5-6-18(17(22)11-15)24-20-13-23-12-19(21)25-20/h6,11-16H,3-5,7-10H2,1-2H3,(H,24,25). The molecule has 5 aliphatic rings. The highest BCUT2D eigenvalue weighted by Crippen LogP contribution is 2.47. The SMILES string of the molecule is CCC1(CC)CCC2CC(C2)C2C=C(F)C(=CC2)Nc2cncc1n2. The summed E-state index contributed by atoms with van der Waals surface area (Å²) >= 11 is 0. The van der Waals surface area contributed by atoms with Crippen LogP contribution in [0.15, 0.2) is 36.1 Å². The summed E-state index contributed by atoms with van der Waals surface area (Å²) in [6.45, 7) is 4.51. The van der Waals surface area contributed by atoms with Gasteiger partial charge in [0.15, 0.2) is 0 Å². The van der Waals surface area contributed by atoms with Gasteiger partial charge in [0.1, 0.15) is 11.6 Å². The largest absolute Gasteiger partial charge is 0.337 e. The Morgan fingerprint density at radius 1 is 1.24 bits per heavy atom. The second-order valence-electron chi connectivity index (χ2n) is 8.07. The summed E-state index contributed by atoms with van der Waals surface area (Å²) in [4.78, 5) is 9.24. The third-order valence-corrected chi connectivity index (χ3v) is 6.91. The molecule has 1 aromatic heterocycles. The van der Waals surface area contributed by atoms with Crippen molar-refractivity contribution in [1.82, 2.24) is 9.97 Å². The van der Waals surface area contributed by atoms with Crippen LogP contribution in [0.5, 0.6) is 0 Å². The molecule has 1 aromatic rings. The normalized spacial score (nSPS) is 30.4. The number of nitrogens with zero attached hydrogens (tertiary/aromatic N) is 2. The van der Waals surface area contributed by atoms with Gasteiger partial charge in [-0.2, -0.15) is 0 Å². The third-order valence-electron chi connectivity index (χ3n) is 6.91. The van der Waals surface area contributed by atoms with E-state index in [1.165, 1.54) is 25.7 Å². The Kier molecular flexibility index (Phi) is 4.38. The van der Waals surface area contributed by atoms with E-state index in [0.29, 0.717) is 23.4 Å². The molecule has 1 saturated carbocycles. The first-order valence-corrected chi connectivity index (χ1v) is 9.81. The predicted octanol–water partition coefficient (Wildman–Crippen LogP) is 5.52. The molecule has 1 atom stereocenters. The highest BCUT2D eigenvalue weighted by molar-refractivity contribution is 5.47. The molecule has 0 saturated heterocycles. The minimum absolute atomic E-state index is 0.0850.